The maximum Gasteiger partial charge on any atom is 0.277 e. The summed E-state index contributed by atoms with van der Waals surface area (Å²) in [6, 6.07) is 15.5. The molecule has 10 heteroatoms. The Bertz CT molecular complexity index is 1440. The van der Waals surface area contributed by atoms with Gasteiger partial charge >= 0.3 is 0 Å². The van der Waals surface area contributed by atoms with Crippen molar-refractivity contribution in [3.05, 3.63) is 87.9 Å². The Morgan fingerprint density at radius 1 is 1.17 bits per heavy atom. The van der Waals surface area contributed by atoms with Crippen LogP contribution < -0.4 is 14.9 Å². The zero-order valence-corrected chi connectivity index (χ0v) is 19.4. The number of carbonyl (C=O) groups is 1. The van der Waals surface area contributed by atoms with Crippen molar-refractivity contribution >= 4 is 28.7 Å². The molecule has 0 fully saturated rings. The first-order valence-electron chi connectivity index (χ1n) is 10.7. The third-order valence-electron chi connectivity index (χ3n) is 5.43. The molecule has 0 aliphatic carbocycles. The number of benzene rings is 2. The van der Waals surface area contributed by atoms with Crippen molar-refractivity contribution in [2.24, 2.45) is 5.10 Å². The predicted molar refractivity (Wildman–Crippen MR) is 131 cm³/mol. The van der Waals surface area contributed by atoms with E-state index >= 15 is 0 Å². The Balaban J connectivity index is 1.47. The smallest absolute Gasteiger partial charge is 0.277 e. The summed E-state index contributed by atoms with van der Waals surface area (Å²) in [5.41, 5.74) is 5.95. The zero-order valence-electron chi connectivity index (χ0n) is 19.4. The lowest BCUT2D eigenvalue weighted by atomic mass is 10.2. The summed E-state index contributed by atoms with van der Waals surface area (Å²) in [4.78, 5) is 27.3. The van der Waals surface area contributed by atoms with Gasteiger partial charge in [-0.2, -0.15) is 5.10 Å². The Labute approximate surface area is 201 Å². The number of hydrazone groups is 1. The lowest BCUT2D eigenvalue weighted by Gasteiger charge is -2.13. The molecule has 0 aliphatic heterocycles. The summed E-state index contributed by atoms with van der Waals surface area (Å²) in [6.45, 7) is 3.50. The molecular formula is C25H23N5O5. The summed E-state index contributed by atoms with van der Waals surface area (Å²) in [6.07, 6.45) is 3.18. The normalized spacial score (nSPS) is 11.1. The second kappa shape index (κ2) is 10.0. The number of methoxy groups -OCH3 is 1. The Kier molecular flexibility index (Phi) is 6.72. The van der Waals surface area contributed by atoms with Gasteiger partial charge in [-0.1, -0.05) is 18.2 Å². The first kappa shape index (κ1) is 23.4. The molecule has 1 N–H and O–H groups in total. The van der Waals surface area contributed by atoms with Crippen LogP contribution in [0.15, 0.2) is 65.9 Å². The lowest BCUT2D eigenvalue weighted by molar-refractivity contribution is -0.384. The summed E-state index contributed by atoms with van der Waals surface area (Å²) >= 11 is 0. The second-order valence-electron chi connectivity index (χ2n) is 7.69. The summed E-state index contributed by atoms with van der Waals surface area (Å²) in [7, 11) is 1.51. The number of nitro benzene ring substituents is 1. The first-order valence-corrected chi connectivity index (χ1v) is 10.7. The minimum Gasteiger partial charge on any atom is -0.495 e. The third-order valence-corrected chi connectivity index (χ3v) is 5.43. The van der Waals surface area contributed by atoms with E-state index in [0.29, 0.717) is 22.7 Å². The highest BCUT2D eigenvalue weighted by Gasteiger charge is 2.17. The molecule has 0 radical (unpaired) electrons. The number of non-ortho nitro benzene ring substituents is 1. The molecule has 0 saturated carbocycles. The standard InChI is InChI=1S/C25H23N5O5/c1-16-12-19(17(2)29(16)21-13-20(30(32)33)9-10-22(21)34-3)14-27-28-24(31)15-35-23-8-4-6-18-7-5-11-26-25(18)23/h4-14H,15H2,1-3H3,(H,28,31)/b27-14+. The van der Waals surface area contributed by atoms with Gasteiger partial charge in [0.2, 0.25) is 0 Å². The number of para-hydroxylation sites is 1. The average Bonchev–Trinajstić information content (AvgIpc) is 3.14. The van der Waals surface area contributed by atoms with Crippen molar-refractivity contribution in [1.29, 1.82) is 0 Å². The summed E-state index contributed by atoms with van der Waals surface area (Å²) in [5, 5.41) is 16.2. The molecule has 10 nitrogen and oxygen atoms in total. The van der Waals surface area contributed by atoms with Gasteiger partial charge in [0.25, 0.3) is 11.6 Å². The van der Waals surface area contributed by atoms with Crippen molar-refractivity contribution in [3.63, 3.8) is 0 Å². The van der Waals surface area contributed by atoms with E-state index in [2.05, 4.69) is 15.5 Å². The fourth-order valence-electron chi connectivity index (χ4n) is 3.80. The number of fused-ring (bicyclic) bond motifs is 1. The summed E-state index contributed by atoms with van der Waals surface area (Å²) in [5.74, 6) is 0.578. The van der Waals surface area contributed by atoms with Crippen molar-refractivity contribution in [2.45, 2.75) is 13.8 Å². The number of nitrogens with zero attached hydrogens (tertiary/aromatic N) is 4. The van der Waals surface area contributed by atoms with Gasteiger partial charge in [0.15, 0.2) is 6.61 Å². The van der Waals surface area contributed by atoms with Crippen LogP contribution >= 0.6 is 0 Å². The van der Waals surface area contributed by atoms with Crippen molar-refractivity contribution in [3.8, 4) is 17.2 Å². The van der Waals surface area contributed by atoms with Gasteiger partial charge in [0, 0.05) is 40.7 Å². The number of aromatic nitrogens is 2. The number of hydrogen-bond acceptors (Lipinski definition) is 7. The fourth-order valence-corrected chi connectivity index (χ4v) is 3.80. The van der Waals surface area contributed by atoms with Crippen LogP contribution in [0.5, 0.6) is 11.5 Å². The van der Waals surface area contributed by atoms with Crippen molar-refractivity contribution in [1.82, 2.24) is 15.0 Å². The number of hydrogen-bond donors (Lipinski definition) is 1. The quantitative estimate of drug-likeness (QED) is 0.234. The average molecular weight is 473 g/mol. The molecule has 0 unspecified atom stereocenters. The molecule has 0 bridgehead atoms. The van der Waals surface area contributed by atoms with Crippen LogP contribution in [0.2, 0.25) is 0 Å². The first-order chi connectivity index (χ1) is 16.9. The van der Waals surface area contributed by atoms with E-state index < -0.39 is 10.8 Å². The minimum atomic E-state index is -0.453. The van der Waals surface area contributed by atoms with E-state index in [4.69, 9.17) is 9.47 Å². The lowest BCUT2D eigenvalue weighted by Crippen LogP contribution is -2.24. The van der Waals surface area contributed by atoms with E-state index in [9.17, 15) is 14.9 Å². The highest BCUT2D eigenvalue weighted by atomic mass is 16.6. The van der Waals surface area contributed by atoms with E-state index in [1.165, 1.54) is 25.5 Å². The van der Waals surface area contributed by atoms with Crippen LogP contribution in [0.1, 0.15) is 17.0 Å². The maximum absolute atomic E-state index is 12.3. The number of rotatable bonds is 8. The molecule has 1 amide bonds. The number of carbonyl (C=O) groups excluding carboxylic acids is 1. The highest BCUT2D eigenvalue weighted by Crippen LogP contribution is 2.31. The fraction of sp³-hybridized carbons (Fsp3) is 0.160. The molecule has 0 aliphatic rings. The van der Waals surface area contributed by atoms with Crippen LogP contribution in [0, 0.1) is 24.0 Å². The summed E-state index contributed by atoms with van der Waals surface area (Å²) < 4.78 is 12.9. The molecule has 178 valence electrons. The van der Waals surface area contributed by atoms with Crippen LogP contribution in [0.3, 0.4) is 0 Å². The molecule has 0 saturated heterocycles. The number of amides is 1. The molecule has 2 aromatic carbocycles. The molecule has 2 heterocycles. The van der Waals surface area contributed by atoms with Crippen molar-refractivity contribution in [2.75, 3.05) is 13.7 Å². The highest BCUT2D eigenvalue weighted by molar-refractivity contribution is 5.86. The van der Waals surface area contributed by atoms with Gasteiger partial charge in [-0.25, -0.2) is 5.43 Å². The molecule has 0 spiro atoms. The Morgan fingerprint density at radius 2 is 1.97 bits per heavy atom. The predicted octanol–water partition coefficient (Wildman–Crippen LogP) is 4.09. The third kappa shape index (κ3) is 4.96. The maximum atomic E-state index is 12.3. The van der Waals surface area contributed by atoms with Gasteiger partial charge in [0.05, 0.1) is 23.9 Å². The van der Waals surface area contributed by atoms with E-state index in [1.54, 1.807) is 18.3 Å². The van der Waals surface area contributed by atoms with Gasteiger partial charge in [-0.15, -0.1) is 0 Å². The molecular weight excluding hydrogens is 450 g/mol. The van der Waals surface area contributed by atoms with Gasteiger partial charge in [0.1, 0.15) is 17.0 Å². The van der Waals surface area contributed by atoms with Gasteiger partial charge in [-0.3, -0.25) is 19.9 Å². The molecule has 35 heavy (non-hydrogen) atoms. The molecule has 4 aromatic rings. The van der Waals surface area contributed by atoms with Crippen molar-refractivity contribution < 1.29 is 19.2 Å². The van der Waals surface area contributed by atoms with E-state index in [0.717, 1.165) is 22.3 Å². The van der Waals surface area contributed by atoms with E-state index in [1.807, 2.05) is 48.7 Å². The zero-order chi connectivity index (χ0) is 24.9. The number of ether oxygens (including phenoxy) is 2. The SMILES string of the molecule is COc1ccc([N+](=O)[O-])cc1-n1c(C)cc(/C=N/NC(=O)COc2cccc3cccnc23)c1C. The number of nitrogens with one attached hydrogen (secondary N) is 1. The minimum absolute atomic E-state index is 0.0443. The van der Waals surface area contributed by atoms with Crippen LogP contribution in [0.25, 0.3) is 16.6 Å². The van der Waals surface area contributed by atoms with Crippen LogP contribution in [-0.2, 0) is 4.79 Å². The molecule has 4 rings (SSSR count). The molecule has 0 atom stereocenters. The largest absolute Gasteiger partial charge is 0.495 e. The number of aryl methyl sites for hydroxylation is 1. The second-order valence-corrected chi connectivity index (χ2v) is 7.69. The molecule has 2 aromatic heterocycles. The van der Waals surface area contributed by atoms with Crippen LogP contribution in [0.4, 0.5) is 5.69 Å². The van der Waals surface area contributed by atoms with E-state index in [-0.39, 0.29) is 12.3 Å². The Morgan fingerprint density at radius 3 is 2.74 bits per heavy atom. The Hall–Kier alpha value is -4.73. The van der Waals surface area contributed by atoms with Crippen LogP contribution in [-0.4, -0.2) is 40.3 Å². The number of nitro groups is 1. The van der Waals surface area contributed by atoms with Gasteiger partial charge in [-0.05, 0) is 38.1 Å². The number of pyridine rings is 1. The monoisotopic (exact) mass is 473 g/mol. The topological polar surface area (TPSA) is 121 Å². The van der Waals surface area contributed by atoms with Gasteiger partial charge < -0.3 is 14.0 Å².